The van der Waals surface area contributed by atoms with E-state index in [0.717, 1.165) is 12.1 Å². The summed E-state index contributed by atoms with van der Waals surface area (Å²) in [5, 5.41) is 10.5. The smallest absolute Gasteiger partial charge is 0.390 e. The molecule has 0 spiro atoms. The molecule has 0 fully saturated rings. The van der Waals surface area contributed by atoms with Crippen LogP contribution in [0, 0.1) is 15.5 Å². The van der Waals surface area contributed by atoms with Crippen molar-refractivity contribution in [1.82, 2.24) is 9.55 Å². The van der Waals surface area contributed by atoms with E-state index in [0.29, 0.717) is 0 Å². The van der Waals surface area contributed by atoms with Crippen LogP contribution in [0.25, 0.3) is 0 Å². The monoisotopic (exact) mass is 197 g/mol. The Bertz CT molecular complexity index is 349. The van der Waals surface area contributed by atoms with E-state index in [2.05, 4.69) is 25.8 Å². The van der Waals surface area contributed by atoms with Gasteiger partial charge in [0.15, 0.2) is 0 Å². The molecule has 0 aromatic carbocycles. The van der Waals surface area contributed by atoms with Gasteiger partial charge in [0.1, 0.15) is 11.9 Å². The van der Waals surface area contributed by atoms with E-state index in [1.165, 1.54) is 4.57 Å². The lowest BCUT2D eigenvalue weighted by Crippen LogP contribution is -2.12. The molecule has 1 aromatic rings. The van der Waals surface area contributed by atoms with Crippen molar-refractivity contribution in [2.45, 2.75) is 27.2 Å². The van der Waals surface area contributed by atoms with Gasteiger partial charge in [0.05, 0.1) is 7.05 Å². The van der Waals surface area contributed by atoms with Gasteiger partial charge in [-0.15, -0.1) is 0 Å². The zero-order chi connectivity index (χ0) is 10.9. The third-order valence-electron chi connectivity index (χ3n) is 1.93. The zero-order valence-corrected chi connectivity index (χ0v) is 8.94. The van der Waals surface area contributed by atoms with Crippen LogP contribution in [0.3, 0.4) is 0 Å². The molecule has 0 amide bonds. The highest BCUT2D eigenvalue weighted by molar-refractivity contribution is 5.15. The number of rotatable bonds is 2. The van der Waals surface area contributed by atoms with Crippen LogP contribution >= 0.6 is 0 Å². The predicted molar refractivity (Wildman–Crippen MR) is 53.0 cm³/mol. The van der Waals surface area contributed by atoms with Crippen LogP contribution in [0.1, 0.15) is 26.5 Å². The summed E-state index contributed by atoms with van der Waals surface area (Å²) in [5.41, 5.74) is 1.01. The van der Waals surface area contributed by atoms with E-state index in [1.807, 2.05) is 0 Å². The van der Waals surface area contributed by atoms with Crippen LogP contribution < -0.4 is 0 Å². The van der Waals surface area contributed by atoms with Crippen LogP contribution in [0.2, 0.25) is 0 Å². The SMILES string of the molecule is Cn1c(CC(C)(C)C)cnc1[N+](=O)[O-]. The quantitative estimate of drug-likeness (QED) is 0.537. The molecule has 5 heteroatoms. The van der Waals surface area contributed by atoms with Crippen LogP contribution in [-0.4, -0.2) is 14.5 Å². The van der Waals surface area contributed by atoms with Crippen LogP contribution in [0.15, 0.2) is 6.20 Å². The van der Waals surface area contributed by atoms with E-state index in [-0.39, 0.29) is 11.4 Å². The third kappa shape index (κ3) is 2.31. The summed E-state index contributed by atoms with van der Waals surface area (Å²) in [6.07, 6.45) is 2.35. The maximum absolute atomic E-state index is 10.5. The second-order valence-electron chi connectivity index (χ2n) is 4.60. The molecule has 0 aliphatic heterocycles. The van der Waals surface area contributed by atoms with Crippen LogP contribution in [0.4, 0.5) is 5.95 Å². The minimum absolute atomic E-state index is 0.0933. The highest BCUT2D eigenvalue weighted by Gasteiger charge is 2.21. The Labute approximate surface area is 82.9 Å². The van der Waals surface area contributed by atoms with E-state index < -0.39 is 4.92 Å². The van der Waals surface area contributed by atoms with Crippen molar-refractivity contribution in [2.75, 3.05) is 0 Å². The predicted octanol–water partition coefficient (Wildman–Crippen LogP) is 1.92. The Kier molecular flexibility index (Phi) is 2.59. The normalized spacial score (nSPS) is 11.7. The Morgan fingerprint density at radius 1 is 1.57 bits per heavy atom. The van der Waals surface area contributed by atoms with Gasteiger partial charge in [-0.2, -0.15) is 0 Å². The summed E-state index contributed by atoms with van der Waals surface area (Å²) in [7, 11) is 1.67. The Morgan fingerprint density at radius 2 is 2.14 bits per heavy atom. The summed E-state index contributed by atoms with van der Waals surface area (Å²) < 4.78 is 1.53. The van der Waals surface area contributed by atoms with Crippen molar-refractivity contribution in [3.05, 3.63) is 22.0 Å². The van der Waals surface area contributed by atoms with Crippen molar-refractivity contribution in [3.63, 3.8) is 0 Å². The summed E-state index contributed by atoms with van der Waals surface area (Å²) in [6, 6.07) is 0. The zero-order valence-electron chi connectivity index (χ0n) is 8.94. The first-order chi connectivity index (χ1) is 6.31. The number of nitrogens with zero attached hydrogens (tertiary/aromatic N) is 3. The standard InChI is InChI=1S/C9H15N3O2/c1-9(2,3)5-7-6-10-8(11(7)4)12(13)14/h6H,5H2,1-4H3. The first-order valence-electron chi connectivity index (χ1n) is 4.46. The summed E-state index contributed by atoms with van der Waals surface area (Å²) >= 11 is 0. The van der Waals surface area contributed by atoms with E-state index in [9.17, 15) is 10.1 Å². The highest BCUT2D eigenvalue weighted by atomic mass is 16.6. The lowest BCUT2D eigenvalue weighted by molar-refractivity contribution is -0.396. The maximum atomic E-state index is 10.5. The molecule has 0 atom stereocenters. The number of aromatic nitrogens is 2. The van der Waals surface area contributed by atoms with Crippen molar-refractivity contribution < 1.29 is 4.92 Å². The average Bonchev–Trinajstić information content (AvgIpc) is 2.29. The molecule has 1 rings (SSSR count). The third-order valence-corrected chi connectivity index (χ3v) is 1.93. The molecule has 0 saturated heterocycles. The van der Waals surface area contributed by atoms with Gasteiger partial charge in [-0.05, 0) is 10.3 Å². The molecule has 5 nitrogen and oxygen atoms in total. The molecule has 1 aromatic heterocycles. The Hall–Kier alpha value is -1.39. The van der Waals surface area contributed by atoms with Crippen LogP contribution in [-0.2, 0) is 13.5 Å². The molecule has 14 heavy (non-hydrogen) atoms. The van der Waals surface area contributed by atoms with Gasteiger partial charge in [0.2, 0.25) is 0 Å². The van der Waals surface area contributed by atoms with E-state index in [4.69, 9.17) is 0 Å². The second kappa shape index (κ2) is 3.40. The molecule has 0 radical (unpaired) electrons. The largest absolute Gasteiger partial charge is 0.434 e. The van der Waals surface area contributed by atoms with Gasteiger partial charge >= 0.3 is 5.95 Å². The summed E-state index contributed by atoms with van der Waals surface area (Å²) in [6.45, 7) is 6.27. The van der Waals surface area contributed by atoms with Crippen LogP contribution in [0.5, 0.6) is 0 Å². The lowest BCUT2D eigenvalue weighted by Gasteiger charge is -2.16. The van der Waals surface area contributed by atoms with Gasteiger partial charge in [-0.1, -0.05) is 25.8 Å². The Balaban J connectivity index is 2.96. The highest BCUT2D eigenvalue weighted by Crippen LogP contribution is 2.22. The fraction of sp³-hybridized carbons (Fsp3) is 0.667. The minimum atomic E-state index is -0.466. The minimum Gasteiger partial charge on any atom is -0.390 e. The molecule has 0 aliphatic carbocycles. The molecular formula is C9H15N3O2. The number of nitro groups is 1. The van der Waals surface area contributed by atoms with Crippen molar-refractivity contribution in [2.24, 2.45) is 12.5 Å². The fourth-order valence-corrected chi connectivity index (χ4v) is 1.31. The molecule has 0 bridgehead atoms. The lowest BCUT2D eigenvalue weighted by atomic mass is 9.91. The maximum Gasteiger partial charge on any atom is 0.434 e. The molecule has 0 saturated carbocycles. The molecule has 0 unspecified atom stereocenters. The summed E-state index contributed by atoms with van der Waals surface area (Å²) in [4.78, 5) is 13.8. The topological polar surface area (TPSA) is 61.0 Å². The molecule has 0 aliphatic rings. The van der Waals surface area contributed by atoms with Crippen molar-refractivity contribution in [1.29, 1.82) is 0 Å². The fourth-order valence-electron chi connectivity index (χ4n) is 1.31. The van der Waals surface area contributed by atoms with Gasteiger partial charge < -0.3 is 10.1 Å². The first-order valence-corrected chi connectivity index (χ1v) is 4.46. The van der Waals surface area contributed by atoms with Gasteiger partial charge in [-0.25, -0.2) is 4.57 Å². The van der Waals surface area contributed by atoms with Gasteiger partial charge in [0, 0.05) is 6.42 Å². The van der Waals surface area contributed by atoms with Gasteiger partial charge in [-0.3, -0.25) is 0 Å². The average molecular weight is 197 g/mol. The molecule has 78 valence electrons. The van der Waals surface area contributed by atoms with Gasteiger partial charge in [0.25, 0.3) is 0 Å². The Morgan fingerprint density at radius 3 is 2.50 bits per heavy atom. The summed E-state index contributed by atoms with van der Waals surface area (Å²) in [5.74, 6) is -0.0933. The first kappa shape index (κ1) is 10.7. The van der Waals surface area contributed by atoms with E-state index in [1.54, 1.807) is 13.2 Å². The van der Waals surface area contributed by atoms with Crippen molar-refractivity contribution in [3.8, 4) is 0 Å². The number of imidazole rings is 1. The number of hydrogen-bond donors (Lipinski definition) is 0. The molecule has 0 N–H and O–H groups in total. The molecular weight excluding hydrogens is 182 g/mol. The molecule has 1 heterocycles. The second-order valence-corrected chi connectivity index (χ2v) is 4.60. The van der Waals surface area contributed by atoms with Crippen molar-refractivity contribution >= 4 is 5.95 Å². The van der Waals surface area contributed by atoms with E-state index >= 15 is 0 Å². The number of hydrogen-bond acceptors (Lipinski definition) is 3.